The van der Waals surface area contributed by atoms with E-state index >= 15 is 0 Å². The highest BCUT2D eigenvalue weighted by Crippen LogP contribution is 2.06. The predicted molar refractivity (Wildman–Crippen MR) is 45.4 cm³/mol. The van der Waals surface area contributed by atoms with Crippen molar-refractivity contribution in [1.82, 2.24) is 0 Å². The third kappa shape index (κ3) is 5.90. The van der Waals surface area contributed by atoms with Crippen molar-refractivity contribution >= 4 is 11.6 Å². The molecule has 0 heterocycles. The molecule has 0 radical (unpaired) electrons. The van der Waals surface area contributed by atoms with Crippen LogP contribution in [0.5, 0.6) is 0 Å². The van der Waals surface area contributed by atoms with Gasteiger partial charge in [0, 0.05) is 12.0 Å². The highest BCUT2D eigenvalue weighted by Gasteiger charge is 1.94. The van der Waals surface area contributed by atoms with Gasteiger partial charge in [0.05, 0.1) is 12.7 Å². The van der Waals surface area contributed by atoms with E-state index in [-0.39, 0.29) is 6.61 Å². The number of nitriles is 1. The molecule has 0 aliphatic carbocycles. The minimum atomic E-state index is -0.0180. The molecule has 0 amide bonds. The van der Waals surface area contributed by atoms with Crippen LogP contribution < -0.4 is 0 Å². The molecule has 0 aliphatic rings. The van der Waals surface area contributed by atoms with Crippen LogP contribution in [0, 0.1) is 11.3 Å². The first kappa shape index (κ1) is 10.5. The van der Waals surface area contributed by atoms with Gasteiger partial charge < -0.3 is 5.11 Å². The maximum Gasteiger partial charge on any atom is 0.0912 e. The minimum absolute atomic E-state index is 0.0180. The first-order chi connectivity index (χ1) is 5.35. The molecule has 11 heavy (non-hydrogen) atoms. The van der Waals surface area contributed by atoms with Crippen LogP contribution in [0.1, 0.15) is 19.3 Å². The van der Waals surface area contributed by atoms with Crippen molar-refractivity contribution in [3.8, 4) is 6.07 Å². The Morgan fingerprint density at radius 3 is 2.73 bits per heavy atom. The fourth-order valence-corrected chi connectivity index (χ4v) is 0.924. The molecule has 2 nitrogen and oxygen atoms in total. The first-order valence-electron chi connectivity index (χ1n) is 3.59. The van der Waals surface area contributed by atoms with Crippen LogP contribution in [-0.2, 0) is 0 Å². The molecule has 0 unspecified atom stereocenters. The Hall–Kier alpha value is -0.520. The zero-order valence-corrected chi connectivity index (χ0v) is 7.14. The van der Waals surface area contributed by atoms with E-state index in [1.165, 1.54) is 6.08 Å². The number of halogens is 1. The van der Waals surface area contributed by atoms with Gasteiger partial charge in [-0.05, 0) is 24.8 Å². The summed E-state index contributed by atoms with van der Waals surface area (Å²) < 4.78 is 0. The lowest BCUT2D eigenvalue weighted by Gasteiger charge is -1.99. The summed E-state index contributed by atoms with van der Waals surface area (Å²) in [5.74, 6) is 0.644. The van der Waals surface area contributed by atoms with Crippen molar-refractivity contribution in [2.45, 2.75) is 19.3 Å². The van der Waals surface area contributed by atoms with Crippen LogP contribution in [0.4, 0.5) is 0 Å². The second-order valence-corrected chi connectivity index (χ2v) is 2.61. The third-order valence-corrected chi connectivity index (χ3v) is 1.62. The minimum Gasteiger partial charge on any atom is -0.392 e. The average molecular weight is 174 g/mol. The fourth-order valence-electron chi connectivity index (χ4n) is 0.735. The smallest absolute Gasteiger partial charge is 0.0912 e. The summed E-state index contributed by atoms with van der Waals surface area (Å²) >= 11 is 5.46. The molecule has 1 N–H and O–H groups in total. The molecule has 0 rings (SSSR count). The second-order valence-electron chi connectivity index (χ2n) is 2.24. The maximum atomic E-state index is 8.70. The van der Waals surface area contributed by atoms with E-state index in [0.717, 1.165) is 24.8 Å². The predicted octanol–water partition coefficient (Wildman–Crippen LogP) is 1.84. The fraction of sp³-hybridized carbons (Fsp3) is 0.625. The van der Waals surface area contributed by atoms with Gasteiger partial charge in [0.15, 0.2) is 0 Å². The standard InChI is InChI=1S/C8H12ClNO/c9-5-2-1-3-8(7-11)4-6-10/h4,11H,1-3,5,7H2/b8-4+. The zero-order chi connectivity index (χ0) is 8.53. The number of nitrogens with zero attached hydrogens (tertiary/aromatic N) is 1. The zero-order valence-electron chi connectivity index (χ0n) is 6.39. The van der Waals surface area contributed by atoms with Gasteiger partial charge in [-0.1, -0.05) is 0 Å². The molecular weight excluding hydrogens is 162 g/mol. The Morgan fingerprint density at radius 1 is 1.55 bits per heavy atom. The van der Waals surface area contributed by atoms with Crippen molar-refractivity contribution in [3.63, 3.8) is 0 Å². The van der Waals surface area contributed by atoms with Crippen molar-refractivity contribution < 1.29 is 5.11 Å². The number of unbranched alkanes of at least 4 members (excludes halogenated alkanes) is 1. The van der Waals surface area contributed by atoms with Crippen LogP contribution in [0.3, 0.4) is 0 Å². The van der Waals surface area contributed by atoms with Gasteiger partial charge in [0.1, 0.15) is 0 Å². The van der Waals surface area contributed by atoms with Crippen molar-refractivity contribution in [2.24, 2.45) is 0 Å². The Balaban J connectivity index is 3.55. The van der Waals surface area contributed by atoms with Gasteiger partial charge in [-0.2, -0.15) is 5.26 Å². The van der Waals surface area contributed by atoms with Crippen LogP contribution in [0.2, 0.25) is 0 Å². The average Bonchev–Trinajstić information content (AvgIpc) is 2.03. The molecule has 0 bridgehead atoms. The third-order valence-electron chi connectivity index (χ3n) is 1.35. The summed E-state index contributed by atoms with van der Waals surface area (Å²) in [6, 6.07) is 1.89. The van der Waals surface area contributed by atoms with E-state index < -0.39 is 0 Å². The Bertz CT molecular complexity index is 160. The topological polar surface area (TPSA) is 44.0 Å². The SMILES string of the molecule is N#C/C=C(/CO)CCCCCl. The highest BCUT2D eigenvalue weighted by atomic mass is 35.5. The number of hydrogen-bond donors (Lipinski definition) is 1. The number of aliphatic hydroxyl groups is 1. The number of aliphatic hydroxyl groups excluding tert-OH is 1. The van der Waals surface area contributed by atoms with E-state index in [2.05, 4.69) is 0 Å². The van der Waals surface area contributed by atoms with Gasteiger partial charge in [-0.25, -0.2) is 0 Å². The summed E-state index contributed by atoms with van der Waals surface area (Å²) in [5.41, 5.74) is 0.789. The summed E-state index contributed by atoms with van der Waals surface area (Å²) in [4.78, 5) is 0. The number of hydrogen-bond acceptors (Lipinski definition) is 2. The molecule has 0 saturated heterocycles. The van der Waals surface area contributed by atoms with Gasteiger partial charge in [0.25, 0.3) is 0 Å². The van der Waals surface area contributed by atoms with Crippen molar-refractivity contribution in [1.29, 1.82) is 5.26 Å². The van der Waals surface area contributed by atoms with E-state index in [9.17, 15) is 0 Å². The normalized spacial score (nSPS) is 11.2. The highest BCUT2D eigenvalue weighted by molar-refractivity contribution is 6.17. The van der Waals surface area contributed by atoms with Crippen LogP contribution >= 0.6 is 11.6 Å². The molecule has 0 aromatic carbocycles. The molecular formula is C8H12ClNO. The lowest BCUT2D eigenvalue weighted by Crippen LogP contribution is -1.90. The van der Waals surface area contributed by atoms with E-state index in [1.54, 1.807) is 0 Å². The Labute approximate surface area is 72.1 Å². The molecule has 0 fully saturated rings. The Kier molecular flexibility index (Phi) is 7.23. The van der Waals surface area contributed by atoms with Gasteiger partial charge in [-0.3, -0.25) is 0 Å². The largest absolute Gasteiger partial charge is 0.392 e. The summed E-state index contributed by atoms with van der Waals surface area (Å²) in [5, 5.41) is 17.0. The van der Waals surface area contributed by atoms with Gasteiger partial charge in [-0.15, -0.1) is 11.6 Å². The van der Waals surface area contributed by atoms with Crippen molar-refractivity contribution in [3.05, 3.63) is 11.6 Å². The monoisotopic (exact) mass is 173 g/mol. The summed E-state index contributed by atoms with van der Waals surface area (Å²) in [7, 11) is 0. The molecule has 62 valence electrons. The molecule has 3 heteroatoms. The Morgan fingerprint density at radius 2 is 2.27 bits per heavy atom. The molecule has 0 aliphatic heterocycles. The van der Waals surface area contributed by atoms with Crippen molar-refractivity contribution in [2.75, 3.05) is 12.5 Å². The second kappa shape index (κ2) is 7.59. The lowest BCUT2D eigenvalue weighted by molar-refractivity contribution is 0.326. The molecule has 0 aromatic heterocycles. The van der Waals surface area contributed by atoms with Crippen LogP contribution in [0.15, 0.2) is 11.6 Å². The number of allylic oxidation sites excluding steroid dienone is 1. The van der Waals surface area contributed by atoms with Crippen LogP contribution in [-0.4, -0.2) is 17.6 Å². The van der Waals surface area contributed by atoms with Gasteiger partial charge in [0.2, 0.25) is 0 Å². The first-order valence-corrected chi connectivity index (χ1v) is 4.13. The number of rotatable bonds is 5. The quantitative estimate of drug-likeness (QED) is 0.392. The van der Waals surface area contributed by atoms with Crippen LogP contribution in [0.25, 0.3) is 0 Å². The van der Waals surface area contributed by atoms with E-state index in [0.29, 0.717) is 5.88 Å². The number of alkyl halides is 1. The lowest BCUT2D eigenvalue weighted by atomic mass is 10.1. The molecule has 0 saturated carbocycles. The summed E-state index contributed by atoms with van der Waals surface area (Å²) in [6.07, 6.45) is 4.05. The van der Waals surface area contributed by atoms with E-state index in [1.807, 2.05) is 6.07 Å². The van der Waals surface area contributed by atoms with Gasteiger partial charge >= 0.3 is 0 Å². The molecule has 0 aromatic rings. The molecule has 0 atom stereocenters. The van der Waals surface area contributed by atoms with E-state index in [4.69, 9.17) is 22.0 Å². The maximum absolute atomic E-state index is 8.70. The summed E-state index contributed by atoms with van der Waals surface area (Å²) in [6.45, 7) is -0.0180. The molecule has 0 spiro atoms.